The van der Waals surface area contributed by atoms with Crippen molar-refractivity contribution in [3.63, 3.8) is 0 Å². The SMILES string of the molecule is Cc1cccc(N=Nc2c(-c3ccccc3)nc3cccc(C)n23)c1. The molecule has 0 bridgehead atoms. The first-order valence-electron chi connectivity index (χ1n) is 8.24. The van der Waals surface area contributed by atoms with Crippen LogP contribution in [-0.2, 0) is 0 Å². The minimum absolute atomic E-state index is 0.751. The Bertz CT molecular complexity index is 1060. The molecule has 0 aliphatic heterocycles. The standard InChI is InChI=1S/C21H18N4/c1-15-8-6-12-18(14-15)23-24-21-20(17-10-4-3-5-11-17)22-19-13-7-9-16(2)25(19)21/h3-14H,1-2H3. The molecule has 0 saturated carbocycles. The number of pyridine rings is 1. The smallest absolute Gasteiger partial charge is 0.187 e. The molecule has 4 rings (SSSR count). The molecule has 0 unspecified atom stereocenters. The van der Waals surface area contributed by atoms with Crippen molar-refractivity contribution in [2.75, 3.05) is 0 Å². The average Bonchev–Trinajstić information content (AvgIpc) is 3.01. The summed E-state index contributed by atoms with van der Waals surface area (Å²) in [5.41, 5.74) is 5.81. The Morgan fingerprint density at radius 3 is 2.40 bits per heavy atom. The van der Waals surface area contributed by atoms with Gasteiger partial charge in [-0.2, -0.15) is 0 Å². The topological polar surface area (TPSA) is 42.0 Å². The number of rotatable bonds is 3. The van der Waals surface area contributed by atoms with Crippen molar-refractivity contribution in [2.24, 2.45) is 10.2 Å². The van der Waals surface area contributed by atoms with E-state index < -0.39 is 0 Å². The highest BCUT2D eigenvalue weighted by Crippen LogP contribution is 2.33. The van der Waals surface area contributed by atoms with Crippen LogP contribution in [0, 0.1) is 13.8 Å². The lowest BCUT2D eigenvalue weighted by Crippen LogP contribution is -1.89. The highest BCUT2D eigenvalue weighted by molar-refractivity contribution is 5.74. The number of aromatic nitrogens is 2. The van der Waals surface area contributed by atoms with E-state index in [1.54, 1.807) is 0 Å². The van der Waals surface area contributed by atoms with Crippen LogP contribution < -0.4 is 0 Å². The van der Waals surface area contributed by atoms with Gasteiger partial charge in [0.2, 0.25) is 0 Å². The molecule has 4 heteroatoms. The number of fused-ring (bicyclic) bond motifs is 1. The van der Waals surface area contributed by atoms with Gasteiger partial charge in [0.25, 0.3) is 0 Å². The van der Waals surface area contributed by atoms with E-state index >= 15 is 0 Å². The Morgan fingerprint density at radius 1 is 0.800 bits per heavy atom. The Kier molecular flexibility index (Phi) is 3.86. The molecule has 122 valence electrons. The summed E-state index contributed by atoms with van der Waals surface area (Å²) in [7, 11) is 0. The molecule has 4 nitrogen and oxygen atoms in total. The molecule has 0 fully saturated rings. The van der Waals surface area contributed by atoms with E-state index in [0.29, 0.717) is 0 Å². The monoisotopic (exact) mass is 326 g/mol. The fourth-order valence-corrected chi connectivity index (χ4v) is 2.91. The van der Waals surface area contributed by atoms with Crippen molar-refractivity contribution < 1.29 is 0 Å². The second kappa shape index (κ2) is 6.32. The molecule has 0 amide bonds. The zero-order valence-electron chi connectivity index (χ0n) is 14.2. The lowest BCUT2D eigenvalue weighted by atomic mass is 10.1. The van der Waals surface area contributed by atoms with Crippen LogP contribution in [0.2, 0.25) is 0 Å². The quantitative estimate of drug-likeness (QED) is 0.424. The summed E-state index contributed by atoms with van der Waals surface area (Å²) in [5, 5.41) is 9.02. The van der Waals surface area contributed by atoms with Crippen LogP contribution >= 0.6 is 0 Å². The normalized spacial score (nSPS) is 11.4. The van der Waals surface area contributed by atoms with E-state index in [-0.39, 0.29) is 0 Å². The van der Waals surface area contributed by atoms with E-state index in [2.05, 4.69) is 23.2 Å². The maximum atomic E-state index is 4.78. The van der Waals surface area contributed by atoms with Gasteiger partial charge < -0.3 is 0 Å². The van der Waals surface area contributed by atoms with Gasteiger partial charge in [0.05, 0.1) is 5.69 Å². The first-order valence-corrected chi connectivity index (χ1v) is 8.24. The highest BCUT2D eigenvalue weighted by atomic mass is 15.2. The van der Waals surface area contributed by atoms with E-state index in [4.69, 9.17) is 4.98 Å². The van der Waals surface area contributed by atoms with Crippen molar-refractivity contribution in [3.8, 4) is 11.3 Å². The highest BCUT2D eigenvalue weighted by Gasteiger charge is 2.15. The van der Waals surface area contributed by atoms with Gasteiger partial charge in [-0.3, -0.25) is 4.40 Å². The number of nitrogens with zero attached hydrogens (tertiary/aromatic N) is 4. The minimum atomic E-state index is 0.751. The fraction of sp³-hybridized carbons (Fsp3) is 0.0952. The molecule has 2 heterocycles. The van der Waals surface area contributed by atoms with Gasteiger partial charge in [-0.15, -0.1) is 10.2 Å². The summed E-state index contributed by atoms with van der Waals surface area (Å²) >= 11 is 0. The fourth-order valence-electron chi connectivity index (χ4n) is 2.91. The van der Waals surface area contributed by atoms with Gasteiger partial charge in [0.15, 0.2) is 5.82 Å². The second-order valence-electron chi connectivity index (χ2n) is 6.05. The third kappa shape index (κ3) is 2.94. The van der Waals surface area contributed by atoms with Crippen LogP contribution in [0.15, 0.2) is 83.0 Å². The van der Waals surface area contributed by atoms with Crippen LogP contribution in [0.3, 0.4) is 0 Å². The van der Waals surface area contributed by atoms with Gasteiger partial charge in [-0.05, 0) is 43.7 Å². The molecule has 0 spiro atoms. The number of azo groups is 1. The summed E-state index contributed by atoms with van der Waals surface area (Å²) in [6.45, 7) is 4.10. The third-order valence-corrected chi connectivity index (χ3v) is 4.12. The van der Waals surface area contributed by atoms with Crippen molar-refractivity contribution >= 4 is 17.2 Å². The predicted molar refractivity (Wildman–Crippen MR) is 101 cm³/mol. The Morgan fingerprint density at radius 2 is 1.60 bits per heavy atom. The van der Waals surface area contributed by atoms with Crippen LogP contribution in [0.5, 0.6) is 0 Å². The van der Waals surface area contributed by atoms with E-state index in [0.717, 1.165) is 39.7 Å². The maximum Gasteiger partial charge on any atom is 0.187 e. The number of benzene rings is 2. The predicted octanol–water partition coefficient (Wildman–Crippen LogP) is 6.03. The molecule has 0 radical (unpaired) electrons. The Hall–Kier alpha value is -3.27. The summed E-state index contributed by atoms with van der Waals surface area (Å²) in [6.07, 6.45) is 0. The molecule has 0 N–H and O–H groups in total. The Balaban J connectivity index is 1.91. The summed E-state index contributed by atoms with van der Waals surface area (Å²) in [6, 6.07) is 24.2. The first kappa shape index (κ1) is 15.3. The van der Waals surface area contributed by atoms with Crippen LogP contribution in [0.25, 0.3) is 16.9 Å². The van der Waals surface area contributed by atoms with Crippen molar-refractivity contribution in [2.45, 2.75) is 13.8 Å². The largest absolute Gasteiger partial charge is 0.280 e. The number of imidazole rings is 1. The molecule has 0 saturated heterocycles. The zero-order valence-corrected chi connectivity index (χ0v) is 14.2. The molecular weight excluding hydrogens is 308 g/mol. The van der Waals surface area contributed by atoms with Crippen LogP contribution in [0.1, 0.15) is 11.3 Å². The van der Waals surface area contributed by atoms with Crippen LogP contribution in [0.4, 0.5) is 11.5 Å². The van der Waals surface area contributed by atoms with Gasteiger partial charge in [0.1, 0.15) is 11.3 Å². The van der Waals surface area contributed by atoms with Crippen molar-refractivity contribution in [3.05, 3.63) is 84.1 Å². The van der Waals surface area contributed by atoms with Crippen LogP contribution in [-0.4, -0.2) is 9.38 Å². The van der Waals surface area contributed by atoms with Gasteiger partial charge in [0, 0.05) is 11.3 Å². The summed E-state index contributed by atoms with van der Waals surface area (Å²) < 4.78 is 2.04. The molecule has 2 aromatic heterocycles. The summed E-state index contributed by atoms with van der Waals surface area (Å²) in [5.74, 6) is 0.751. The van der Waals surface area contributed by atoms with Gasteiger partial charge in [-0.1, -0.05) is 48.5 Å². The number of hydrogen-bond donors (Lipinski definition) is 0. The first-order chi connectivity index (χ1) is 12.2. The Labute approximate surface area is 146 Å². The van der Waals surface area contributed by atoms with E-state index in [1.165, 1.54) is 0 Å². The molecule has 0 atom stereocenters. The lowest BCUT2D eigenvalue weighted by Gasteiger charge is -2.02. The summed E-state index contributed by atoms with van der Waals surface area (Å²) in [4.78, 5) is 4.78. The maximum absolute atomic E-state index is 4.78. The molecule has 4 aromatic rings. The molecule has 0 aliphatic rings. The van der Waals surface area contributed by atoms with Gasteiger partial charge in [-0.25, -0.2) is 4.98 Å². The second-order valence-corrected chi connectivity index (χ2v) is 6.05. The minimum Gasteiger partial charge on any atom is -0.280 e. The molecule has 25 heavy (non-hydrogen) atoms. The zero-order chi connectivity index (χ0) is 17.2. The molecule has 2 aromatic carbocycles. The van der Waals surface area contributed by atoms with Crippen molar-refractivity contribution in [1.29, 1.82) is 0 Å². The number of aryl methyl sites for hydroxylation is 2. The number of hydrogen-bond acceptors (Lipinski definition) is 3. The van der Waals surface area contributed by atoms with Crippen molar-refractivity contribution in [1.82, 2.24) is 9.38 Å². The third-order valence-electron chi connectivity index (χ3n) is 4.12. The van der Waals surface area contributed by atoms with E-state index in [9.17, 15) is 0 Å². The lowest BCUT2D eigenvalue weighted by molar-refractivity contribution is 1.05. The average molecular weight is 326 g/mol. The molecular formula is C21H18N4. The van der Waals surface area contributed by atoms with Gasteiger partial charge >= 0.3 is 0 Å². The molecule has 0 aliphatic carbocycles. The van der Waals surface area contributed by atoms with E-state index in [1.807, 2.05) is 78.1 Å².